The Hall–Kier alpha value is -3.51. The Morgan fingerprint density at radius 1 is 1.07 bits per heavy atom. The van der Waals surface area contributed by atoms with Crippen LogP contribution in [0.4, 0.5) is 13.2 Å². The lowest BCUT2D eigenvalue weighted by atomic mass is 9.76. The minimum absolute atomic E-state index is 0.0447. The number of alkyl halides is 3. The molecule has 0 unspecified atom stereocenters. The van der Waals surface area contributed by atoms with Crippen LogP contribution in [0, 0.1) is 5.41 Å². The minimum atomic E-state index is -4.54. The van der Waals surface area contributed by atoms with Crippen molar-refractivity contribution in [2.75, 3.05) is 32.7 Å². The average molecular weight is 612 g/mol. The lowest BCUT2D eigenvalue weighted by molar-refractivity contribution is -0.137. The summed E-state index contributed by atoms with van der Waals surface area (Å²) in [5.74, 6) is -0.0315. The number of pyridine rings is 1. The van der Waals surface area contributed by atoms with Crippen molar-refractivity contribution in [3.05, 3.63) is 64.2 Å². The second kappa shape index (κ2) is 10.6. The molecule has 1 atom stereocenters. The number of halogens is 3. The van der Waals surface area contributed by atoms with E-state index in [4.69, 9.17) is 9.72 Å². The maximum atomic E-state index is 13.0. The molecule has 3 aliphatic heterocycles. The van der Waals surface area contributed by atoms with Gasteiger partial charge in [-0.1, -0.05) is 6.07 Å². The van der Waals surface area contributed by atoms with E-state index in [1.165, 1.54) is 12.1 Å². The summed E-state index contributed by atoms with van der Waals surface area (Å²) in [6.45, 7) is 2.97. The summed E-state index contributed by atoms with van der Waals surface area (Å²) < 4.78 is 45.3. The third-order valence-corrected chi connectivity index (χ3v) is 10.3. The number of nitrogens with zero attached hydrogens (tertiary/aromatic N) is 4. The Bertz CT molecular complexity index is 1540. The second-order valence-corrected chi connectivity index (χ2v) is 13.0. The molecule has 3 fully saturated rings. The average Bonchev–Trinajstić information content (AvgIpc) is 3.77. The van der Waals surface area contributed by atoms with E-state index in [1.54, 1.807) is 16.2 Å². The highest BCUT2D eigenvalue weighted by Crippen LogP contribution is 2.53. The van der Waals surface area contributed by atoms with Gasteiger partial charge in [0.1, 0.15) is 11.4 Å². The number of ether oxygens (including phenoxy) is 1. The predicted octanol–water partition coefficient (Wildman–Crippen LogP) is 5.11. The molecule has 12 heteroatoms. The smallest absolute Gasteiger partial charge is 0.416 e. The first-order valence-corrected chi connectivity index (χ1v) is 15.6. The van der Waals surface area contributed by atoms with Crippen LogP contribution in [0.5, 0.6) is 5.75 Å². The summed E-state index contributed by atoms with van der Waals surface area (Å²) in [5.41, 5.74) is 3.53. The van der Waals surface area contributed by atoms with Crippen molar-refractivity contribution in [1.29, 1.82) is 0 Å². The Morgan fingerprint density at radius 3 is 2.63 bits per heavy atom. The molecule has 0 bridgehead atoms. The highest BCUT2D eigenvalue weighted by atomic mass is 32.1. The molecular formula is C31H32F3N5O3S. The van der Waals surface area contributed by atoms with Crippen LogP contribution in [-0.4, -0.2) is 70.3 Å². The number of thiazole rings is 1. The van der Waals surface area contributed by atoms with E-state index >= 15 is 0 Å². The number of carbonyl (C=O) groups is 2. The molecule has 1 aromatic carbocycles. The van der Waals surface area contributed by atoms with E-state index in [0.29, 0.717) is 19.1 Å². The maximum Gasteiger partial charge on any atom is 0.416 e. The van der Waals surface area contributed by atoms with E-state index in [1.807, 2.05) is 23.2 Å². The van der Waals surface area contributed by atoms with Crippen molar-refractivity contribution in [3.63, 3.8) is 0 Å². The number of amides is 2. The largest absolute Gasteiger partial charge is 0.479 e. The molecule has 7 rings (SSSR count). The van der Waals surface area contributed by atoms with Gasteiger partial charge in [0.05, 0.1) is 23.3 Å². The van der Waals surface area contributed by atoms with Gasteiger partial charge < -0.3 is 15.0 Å². The van der Waals surface area contributed by atoms with Gasteiger partial charge in [-0.05, 0) is 69.3 Å². The monoisotopic (exact) mass is 611 g/mol. The first-order valence-electron chi connectivity index (χ1n) is 14.7. The predicted molar refractivity (Wildman–Crippen MR) is 154 cm³/mol. The molecule has 5 heterocycles. The summed E-state index contributed by atoms with van der Waals surface area (Å²) in [7, 11) is 0. The van der Waals surface area contributed by atoms with Crippen molar-refractivity contribution in [3.8, 4) is 17.0 Å². The first-order chi connectivity index (χ1) is 20.6. The first kappa shape index (κ1) is 28.3. The van der Waals surface area contributed by atoms with Crippen LogP contribution in [0.25, 0.3) is 11.3 Å². The van der Waals surface area contributed by atoms with Gasteiger partial charge in [-0.25, -0.2) is 4.98 Å². The third kappa shape index (κ3) is 5.28. The number of hydrogen-bond donors (Lipinski definition) is 1. The molecular weight excluding hydrogens is 579 g/mol. The van der Waals surface area contributed by atoms with Gasteiger partial charge in [-0.15, -0.1) is 11.3 Å². The maximum absolute atomic E-state index is 13.0. The van der Waals surface area contributed by atoms with Crippen molar-refractivity contribution in [1.82, 2.24) is 25.1 Å². The number of aromatic nitrogens is 2. The zero-order valence-electron chi connectivity index (χ0n) is 23.5. The molecule has 1 N–H and O–H groups in total. The molecule has 43 heavy (non-hydrogen) atoms. The van der Waals surface area contributed by atoms with Gasteiger partial charge >= 0.3 is 6.18 Å². The lowest BCUT2D eigenvalue weighted by Gasteiger charge is -2.48. The van der Waals surface area contributed by atoms with Crippen molar-refractivity contribution < 1.29 is 27.5 Å². The number of hydrogen-bond acceptors (Lipinski definition) is 7. The molecule has 0 radical (unpaired) electrons. The summed E-state index contributed by atoms with van der Waals surface area (Å²) in [6.07, 6.45) is 3.25. The zero-order valence-corrected chi connectivity index (χ0v) is 24.3. The number of carbonyl (C=O) groups excluding carboxylic acids is 2. The highest BCUT2D eigenvalue weighted by molar-refractivity contribution is 7.07. The molecule has 8 nitrogen and oxygen atoms in total. The fourth-order valence-corrected chi connectivity index (χ4v) is 7.88. The van der Waals surface area contributed by atoms with Gasteiger partial charge in [-0.2, -0.15) is 13.2 Å². The Morgan fingerprint density at radius 2 is 1.88 bits per heavy atom. The highest BCUT2D eigenvalue weighted by Gasteiger charge is 2.52. The number of rotatable bonds is 5. The van der Waals surface area contributed by atoms with Crippen molar-refractivity contribution in [2.45, 2.75) is 56.3 Å². The molecule has 1 aliphatic carbocycles. The van der Waals surface area contributed by atoms with Gasteiger partial charge in [0, 0.05) is 53.8 Å². The summed E-state index contributed by atoms with van der Waals surface area (Å²) >= 11 is 1.56. The van der Waals surface area contributed by atoms with Crippen molar-refractivity contribution in [2.24, 2.45) is 5.41 Å². The molecule has 1 saturated carbocycles. The quantitative estimate of drug-likeness (QED) is 0.432. The lowest BCUT2D eigenvalue weighted by Crippen LogP contribution is -2.49. The standard InChI is InChI=1S/C31H32F3N5O3S/c32-31(33,34)22-3-1-2-20(12-22)28(41)36-15-26(40)39-11-9-29(18-39)8-10-38(17-29)23-4-6-30(7-5-23)27-25(42-30)13-21(14-35-27)24-16-43-19-37-24/h1-3,12-14,16,19,23H,4-11,15,17-18H2,(H,36,41)/t23?,29-,30?/m0/s1. The van der Waals surface area contributed by atoms with E-state index in [2.05, 4.69) is 15.2 Å². The molecule has 2 saturated heterocycles. The van der Waals surface area contributed by atoms with Crippen LogP contribution in [0.3, 0.4) is 0 Å². The van der Waals surface area contributed by atoms with Crippen LogP contribution in [-0.2, 0) is 16.6 Å². The van der Waals surface area contributed by atoms with Crippen LogP contribution in [0.1, 0.15) is 60.1 Å². The summed E-state index contributed by atoms with van der Waals surface area (Å²) in [5, 5.41) is 4.51. The SMILES string of the molecule is O=C(NCC(=O)N1CC[C@]2(CCN(C3CCC4(CC3)Oc3cc(-c5cscn5)cnc34)C2)C1)c1cccc(C(F)(F)F)c1. The zero-order chi connectivity index (χ0) is 29.8. The van der Waals surface area contributed by atoms with Crippen molar-refractivity contribution >= 4 is 23.2 Å². The number of likely N-dealkylation sites (tertiary alicyclic amines) is 2. The Balaban J connectivity index is 0.895. The van der Waals surface area contributed by atoms with E-state index in [0.717, 1.165) is 86.4 Å². The van der Waals surface area contributed by atoms with Gasteiger partial charge in [0.25, 0.3) is 5.91 Å². The molecule has 2 amide bonds. The second-order valence-electron chi connectivity index (χ2n) is 12.3. The fourth-order valence-electron chi connectivity index (χ4n) is 7.31. The summed E-state index contributed by atoms with van der Waals surface area (Å²) in [6, 6.07) is 6.74. The normalized spacial score (nSPS) is 26.8. The van der Waals surface area contributed by atoms with Gasteiger partial charge in [-0.3, -0.25) is 19.5 Å². The number of benzene rings is 1. The summed E-state index contributed by atoms with van der Waals surface area (Å²) in [4.78, 5) is 38.9. The number of nitrogens with one attached hydrogen (secondary N) is 1. The third-order valence-electron chi connectivity index (χ3n) is 9.71. The molecule has 226 valence electrons. The van der Waals surface area contributed by atoms with Gasteiger partial charge in [0.15, 0.2) is 5.60 Å². The van der Waals surface area contributed by atoms with E-state index in [9.17, 15) is 22.8 Å². The Kier molecular flexibility index (Phi) is 6.96. The molecule has 4 aliphatic rings. The number of fused-ring (bicyclic) bond motifs is 2. The molecule has 2 spiro atoms. The Labute approximate surface area is 251 Å². The van der Waals surface area contributed by atoms with Crippen LogP contribution < -0.4 is 10.1 Å². The topological polar surface area (TPSA) is 87.7 Å². The molecule has 2 aromatic heterocycles. The van der Waals surface area contributed by atoms with Crippen LogP contribution in [0.15, 0.2) is 47.4 Å². The van der Waals surface area contributed by atoms with Gasteiger partial charge in [0.2, 0.25) is 5.91 Å². The minimum Gasteiger partial charge on any atom is -0.479 e. The molecule has 3 aromatic rings. The van der Waals surface area contributed by atoms with E-state index in [-0.39, 0.29) is 29.0 Å². The fraction of sp³-hybridized carbons (Fsp3) is 0.484. The van der Waals surface area contributed by atoms with Crippen LogP contribution >= 0.6 is 11.3 Å². The van der Waals surface area contributed by atoms with Crippen LogP contribution in [0.2, 0.25) is 0 Å². The van der Waals surface area contributed by atoms with E-state index < -0.39 is 17.6 Å².